The minimum atomic E-state index is -1.43. The molecule has 1 aliphatic heterocycles. The zero-order valence-electron chi connectivity index (χ0n) is 12.7. The SMILES string of the molecule is COC1(OC)[NH+]=C(N)C2(C#N)C(c3ccc(C)cc3)C12C#N. The standard InChI is InChI=1S/C16H16N4O2/c1-10-4-6-11(7-5-10)12-14(8-17)13(19)20-16(21-2,22-3)15(12,14)9-18/h4-7,12H,1-3H3,(H2,19,20)/p+1. The fourth-order valence-electron chi connectivity index (χ4n) is 3.87. The minimum Gasteiger partial charge on any atom is -0.317 e. The summed E-state index contributed by atoms with van der Waals surface area (Å²) in [7, 11) is 2.86. The second kappa shape index (κ2) is 4.30. The third kappa shape index (κ3) is 1.24. The van der Waals surface area contributed by atoms with Crippen molar-refractivity contribution in [3.63, 3.8) is 0 Å². The van der Waals surface area contributed by atoms with Crippen LogP contribution in [0.1, 0.15) is 17.0 Å². The van der Waals surface area contributed by atoms with Gasteiger partial charge in [0.25, 0.3) is 5.84 Å². The van der Waals surface area contributed by atoms with Crippen LogP contribution in [-0.4, -0.2) is 26.0 Å². The van der Waals surface area contributed by atoms with E-state index in [0.29, 0.717) is 0 Å². The van der Waals surface area contributed by atoms with E-state index < -0.39 is 22.7 Å². The molecule has 2 aliphatic rings. The fraction of sp³-hybridized carbons (Fsp3) is 0.438. The number of methoxy groups -OCH3 is 2. The van der Waals surface area contributed by atoms with Crippen LogP contribution in [0, 0.1) is 40.4 Å². The van der Waals surface area contributed by atoms with Crippen LogP contribution in [0.2, 0.25) is 0 Å². The van der Waals surface area contributed by atoms with Gasteiger partial charge in [0.05, 0.1) is 12.1 Å². The molecule has 112 valence electrons. The predicted octanol–water partition coefficient (Wildman–Crippen LogP) is -0.490. The third-order valence-electron chi connectivity index (χ3n) is 4.99. The van der Waals surface area contributed by atoms with Gasteiger partial charge < -0.3 is 9.47 Å². The number of nitrogens with two attached hydrogens (primary N) is 1. The maximum Gasteiger partial charge on any atom is 0.342 e. The van der Waals surface area contributed by atoms with Crippen molar-refractivity contribution in [2.45, 2.75) is 18.8 Å². The maximum atomic E-state index is 9.90. The van der Waals surface area contributed by atoms with E-state index in [1.165, 1.54) is 14.2 Å². The van der Waals surface area contributed by atoms with Crippen LogP contribution in [0.5, 0.6) is 0 Å². The van der Waals surface area contributed by atoms with Gasteiger partial charge in [0.15, 0.2) is 10.8 Å². The monoisotopic (exact) mass is 297 g/mol. The van der Waals surface area contributed by atoms with Gasteiger partial charge in [-0.15, -0.1) is 0 Å². The highest BCUT2D eigenvalue weighted by molar-refractivity contribution is 5.95. The topological polar surface area (TPSA) is 106 Å². The Labute approximate surface area is 128 Å². The van der Waals surface area contributed by atoms with E-state index in [-0.39, 0.29) is 5.84 Å². The number of nitrogens with one attached hydrogen (secondary N) is 1. The molecule has 0 saturated heterocycles. The second-order valence-electron chi connectivity index (χ2n) is 5.75. The lowest BCUT2D eigenvalue weighted by Crippen LogP contribution is -2.90. The van der Waals surface area contributed by atoms with Gasteiger partial charge in [-0.1, -0.05) is 29.8 Å². The summed E-state index contributed by atoms with van der Waals surface area (Å²) in [5, 5.41) is 19.7. The lowest BCUT2D eigenvalue weighted by atomic mass is 9.93. The van der Waals surface area contributed by atoms with Gasteiger partial charge in [0.1, 0.15) is 0 Å². The predicted molar refractivity (Wildman–Crippen MR) is 76.9 cm³/mol. The highest BCUT2D eigenvalue weighted by atomic mass is 16.7. The average molecular weight is 297 g/mol. The fourth-order valence-corrected chi connectivity index (χ4v) is 3.87. The summed E-state index contributed by atoms with van der Waals surface area (Å²) in [6, 6.07) is 12.2. The van der Waals surface area contributed by atoms with Crippen molar-refractivity contribution < 1.29 is 14.5 Å². The number of hydrogen-bond acceptors (Lipinski definition) is 5. The Kier molecular flexibility index (Phi) is 2.84. The van der Waals surface area contributed by atoms with E-state index >= 15 is 0 Å². The van der Waals surface area contributed by atoms with Crippen LogP contribution in [0.15, 0.2) is 24.3 Å². The highest BCUT2D eigenvalue weighted by Crippen LogP contribution is 2.78. The summed E-state index contributed by atoms with van der Waals surface area (Å²) in [6.45, 7) is 1.98. The Morgan fingerprint density at radius 1 is 1.14 bits per heavy atom. The number of aryl methyl sites for hydroxylation is 1. The van der Waals surface area contributed by atoms with E-state index in [2.05, 4.69) is 17.1 Å². The molecule has 0 aromatic heterocycles. The first-order chi connectivity index (χ1) is 10.5. The molecule has 0 amide bonds. The lowest BCUT2D eigenvalue weighted by molar-refractivity contribution is -0.687. The van der Waals surface area contributed by atoms with Crippen LogP contribution in [0.3, 0.4) is 0 Å². The molecule has 3 atom stereocenters. The van der Waals surface area contributed by atoms with Crippen molar-refractivity contribution in [1.29, 1.82) is 10.5 Å². The van der Waals surface area contributed by atoms with Gasteiger partial charge in [-0.05, 0) is 12.5 Å². The third-order valence-corrected chi connectivity index (χ3v) is 4.99. The molecule has 22 heavy (non-hydrogen) atoms. The molecule has 3 N–H and O–H groups in total. The van der Waals surface area contributed by atoms with Crippen molar-refractivity contribution in [3.8, 4) is 12.1 Å². The largest absolute Gasteiger partial charge is 0.342 e. The summed E-state index contributed by atoms with van der Waals surface area (Å²) in [5.74, 6) is -1.63. The highest BCUT2D eigenvalue weighted by Gasteiger charge is 2.96. The van der Waals surface area contributed by atoms with Crippen molar-refractivity contribution >= 4 is 5.84 Å². The minimum absolute atomic E-state index is 0.214. The zero-order valence-corrected chi connectivity index (χ0v) is 12.7. The Hall–Kier alpha value is -2.41. The van der Waals surface area contributed by atoms with E-state index in [1.54, 1.807) is 0 Å². The maximum absolute atomic E-state index is 9.90. The molecular formula is C16H17N4O2+. The Bertz CT molecular complexity index is 739. The molecule has 0 spiro atoms. The van der Waals surface area contributed by atoms with Gasteiger partial charge in [0.2, 0.25) is 0 Å². The molecule has 1 heterocycles. The first kappa shape index (κ1) is 14.5. The summed E-state index contributed by atoms with van der Waals surface area (Å²) >= 11 is 0. The summed E-state index contributed by atoms with van der Waals surface area (Å²) in [6.07, 6.45) is 0. The number of benzene rings is 1. The van der Waals surface area contributed by atoms with Gasteiger partial charge in [-0.25, -0.2) is 4.99 Å². The van der Waals surface area contributed by atoms with E-state index in [4.69, 9.17) is 15.2 Å². The number of amidine groups is 1. The van der Waals surface area contributed by atoms with Crippen LogP contribution in [0.25, 0.3) is 0 Å². The number of rotatable bonds is 3. The number of hydrogen-bond donors (Lipinski definition) is 2. The Morgan fingerprint density at radius 2 is 1.73 bits per heavy atom. The number of nitriles is 2. The Balaban J connectivity index is 2.23. The van der Waals surface area contributed by atoms with E-state index in [9.17, 15) is 10.5 Å². The molecule has 0 bridgehead atoms. The second-order valence-corrected chi connectivity index (χ2v) is 5.75. The van der Waals surface area contributed by atoms with Gasteiger partial charge >= 0.3 is 5.91 Å². The molecule has 6 nitrogen and oxygen atoms in total. The molecule has 1 saturated carbocycles. The van der Waals surface area contributed by atoms with Gasteiger partial charge in [-0.2, -0.15) is 10.5 Å². The van der Waals surface area contributed by atoms with Crippen molar-refractivity contribution in [2.24, 2.45) is 16.6 Å². The van der Waals surface area contributed by atoms with Crippen LogP contribution in [-0.2, 0) is 9.47 Å². The van der Waals surface area contributed by atoms with Crippen LogP contribution in [0.4, 0.5) is 0 Å². The van der Waals surface area contributed by atoms with Crippen LogP contribution < -0.4 is 10.7 Å². The van der Waals surface area contributed by atoms with Crippen molar-refractivity contribution in [2.75, 3.05) is 14.2 Å². The number of fused-ring (bicyclic) bond motifs is 1. The molecule has 0 radical (unpaired) electrons. The first-order valence-electron chi connectivity index (χ1n) is 6.90. The molecule has 1 aromatic rings. The smallest absolute Gasteiger partial charge is 0.317 e. The summed E-state index contributed by atoms with van der Waals surface area (Å²) in [5.41, 5.74) is 5.67. The van der Waals surface area contributed by atoms with Gasteiger partial charge in [0, 0.05) is 20.1 Å². The number of nitrogens with zero attached hydrogens (tertiary/aromatic N) is 2. The van der Waals surface area contributed by atoms with Gasteiger partial charge in [-0.3, -0.25) is 5.73 Å². The summed E-state index contributed by atoms with van der Waals surface area (Å²) in [4.78, 5) is 2.87. The zero-order chi connectivity index (χ0) is 16.2. The molecule has 3 unspecified atom stereocenters. The van der Waals surface area contributed by atoms with Crippen molar-refractivity contribution in [3.05, 3.63) is 35.4 Å². The quantitative estimate of drug-likeness (QED) is 0.732. The lowest BCUT2D eigenvalue weighted by Gasteiger charge is -2.26. The van der Waals surface area contributed by atoms with E-state index in [1.807, 2.05) is 31.2 Å². The molecule has 1 fully saturated rings. The average Bonchev–Trinajstić information content (AvgIpc) is 3.11. The Morgan fingerprint density at radius 3 is 2.18 bits per heavy atom. The summed E-state index contributed by atoms with van der Waals surface area (Å²) < 4.78 is 10.9. The molecule has 6 heteroatoms. The van der Waals surface area contributed by atoms with E-state index in [0.717, 1.165) is 11.1 Å². The number of ether oxygens (including phenoxy) is 2. The molecular weight excluding hydrogens is 280 g/mol. The molecule has 1 aromatic carbocycles. The first-order valence-corrected chi connectivity index (χ1v) is 6.90. The van der Waals surface area contributed by atoms with Crippen LogP contribution >= 0.6 is 0 Å². The van der Waals surface area contributed by atoms with Crippen molar-refractivity contribution in [1.82, 2.24) is 0 Å². The normalized spacial score (nSPS) is 34.2. The molecule has 1 aliphatic carbocycles. The molecule has 3 rings (SSSR count).